The van der Waals surface area contributed by atoms with Gasteiger partial charge in [-0.15, -0.1) is 0 Å². The minimum Gasteiger partial charge on any atom is -0.362 e. The Morgan fingerprint density at radius 3 is 2.89 bits per heavy atom. The molecule has 3 heteroatoms. The zero-order chi connectivity index (χ0) is 13.7. The fourth-order valence-electron chi connectivity index (χ4n) is 2.71. The molecule has 0 aromatic heterocycles. The third-order valence-electron chi connectivity index (χ3n) is 3.73. The highest BCUT2D eigenvalue weighted by atomic mass is 32.1. The summed E-state index contributed by atoms with van der Waals surface area (Å²) in [6, 6.07) is 9.04. The molecule has 0 unspecified atom stereocenters. The van der Waals surface area contributed by atoms with Crippen molar-refractivity contribution in [3.05, 3.63) is 29.8 Å². The Balaban J connectivity index is 1.89. The SMILES string of the molecule is CCCCCCNC(=S)N1c2ccccc2C[C@H]1C. The largest absolute Gasteiger partial charge is 0.362 e. The standard InChI is InChI=1S/C16H24N2S/c1-3-4-5-8-11-17-16(19)18-13(2)12-14-9-6-7-10-15(14)18/h6-7,9-10,13H,3-5,8,11-12H2,1-2H3,(H,17,19)/t13-/m1/s1. The lowest BCUT2D eigenvalue weighted by molar-refractivity contribution is 0.650. The van der Waals surface area contributed by atoms with Gasteiger partial charge in [0.25, 0.3) is 0 Å². The highest BCUT2D eigenvalue weighted by molar-refractivity contribution is 7.80. The smallest absolute Gasteiger partial charge is 0.173 e. The van der Waals surface area contributed by atoms with Crippen LogP contribution in [0.5, 0.6) is 0 Å². The van der Waals surface area contributed by atoms with Crippen molar-refractivity contribution in [2.75, 3.05) is 11.4 Å². The number of rotatable bonds is 5. The number of hydrogen-bond donors (Lipinski definition) is 1. The van der Waals surface area contributed by atoms with E-state index in [0.717, 1.165) is 18.1 Å². The molecule has 0 spiro atoms. The fourth-order valence-corrected chi connectivity index (χ4v) is 3.09. The van der Waals surface area contributed by atoms with Crippen LogP contribution in [-0.2, 0) is 6.42 Å². The monoisotopic (exact) mass is 276 g/mol. The van der Waals surface area contributed by atoms with Gasteiger partial charge in [0.05, 0.1) is 0 Å². The van der Waals surface area contributed by atoms with E-state index in [-0.39, 0.29) is 0 Å². The minimum absolute atomic E-state index is 0.466. The molecule has 1 atom stereocenters. The zero-order valence-corrected chi connectivity index (χ0v) is 12.8. The number of nitrogens with zero attached hydrogens (tertiary/aromatic N) is 1. The third-order valence-corrected chi connectivity index (χ3v) is 4.07. The average Bonchev–Trinajstić information content (AvgIpc) is 2.74. The van der Waals surface area contributed by atoms with Crippen LogP contribution < -0.4 is 10.2 Å². The van der Waals surface area contributed by atoms with E-state index >= 15 is 0 Å². The van der Waals surface area contributed by atoms with E-state index in [1.54, 1.807) is 0 Å². The molecule has 0 amide bonds. The molecule has 1 N–H and O–H groups in total. The summed E-state index contributed by atoms with van der Waals surface area (Å²) in [5, 5.41) is 4.30. The number of fused-ring (bicyclic) bond motifs is 1. The first-order valence-electron chi connectivity index (χ1n) is 7.39. The molecule has 2 rings (SSSR count). The van der Waals surface area contributed by atoms with Crippen molar-refractivity contribution in [1.82, 2.24) is 5.32 Å². The maximum absolute atomic E-state index is 5.56. The molecule has 19 heavy (non-hydrogen) atoms. The van der Waals surface area contributed by atoms with Gasteiger partial charge < -0.3 is 10.2 Å². The van der Waals surface area contributed by atoms with E-state index in [2.05, 4.69) is 48.3 Å². The number of unbranched alkanes of at least 4 members (excludes halogenated alkanes) is 3. The summed E-state index contributed by atoms with van der Waals surface area (Å²) in [7, 11) is 0. The van der Waals surface area contributed by atoms with Gasteiger partial charge in [-0.2, -0.15) is 0 Å². The zero-order valence-electron chi connectivity index (χ0n) is 12.0. The van der Waals surface area contributed by atoms with Crippen LogP contribution in [-0.4, -0.2) is 17.7 Å². The normalized spacial score (nSPS) is 17.4. The fraction of sp³-hybridized carbons (Fsp3) is 0.562. The lowest BCUT2D eigenvalue weighted by atomic mass is 10.1. The molecule has 1 aliphatic rings. The van der Waals surface area contributed by atoms with Crippen molar-refractivity contribution in [2.24, 2.45) is 0 Å². The molecule has 0 aliphatic carbocycles. The van der Waals surface area contributed by atoms with E-state index in [1.165, 1.54) is 36.9 Å². The maximum atomic E-state index is 5.56. The van der Waals surface area contributed by atoms with E-state index < -0.39 is 0 Å². The van der Waals surface area contributed by atoms with Gasteiger partial charge in [-0.1, -0.05) is 44.4 Å². The Kier molecular flexibility index (Phi) is 5.20. The molecule has 1 aromatic rings. The number of thiocarbonyl (C=S) groups is 1. The second-order valence-electron chi connectivity index (χ2n) is 5.34. The van der Waals surface area contributed by atoms with Crippen LogP contribution in [0.1, 0.15) is 45.1 Å². The first-order chi connectivity index (χ1) is 9.24. The second-order valence-corrected chi connectivity index (χ2v) is 5.73. The highest BCUT2D eigenvalue weighted by Gasteiger charge is 2.27. The van der Waals surface area contributed by atoms with Gasteiger partial charge >= 0.3 is 0 Å². The predicted octanol–water partition coefficient (Wildman–Crippen LogP) is 3.89. The van der Waals surface area contributed by atoms with Gasteiger partial charge in [-0.05, 0) is 43.6 Å². The highest BCUT2D eigenvalue weighted by Crippen LogP contribution is 2.31. The Hall–Kier alpha value is -1.09. The Bertz CT molecular complexity index is 431. The van der Waals surface area contributed by atoms with Crippen molar-refractivity contribution < 1.29 is 0 Å². The van der Waals surface area contributed by atoms with E-state index in [1.807, 2.05) is 0 Å². The van der Waals surface area contributed by atoms with Gasteiger partial charge in [0.2, 0.25) is 0 Å². The molecule has 104 valence electrons. The minimum atomic E-state index is 0.466. The van der Waals surface area contributed by atoms with E-state index in [4.69, 9.17) is 12.2 Å². The van der Waals surface area contributed by atoms with E-state index in [9.17, 15) is 0 Å². The Labute approximate surface area is 122 Å². The van der Waals surface area contributed by atoms with E-state index in [0.29, 0.717) is 6.04 Å². The first kappa shape index (κ1) is 14.3. The topological polar surface area (TPSA) is 15.3 Å². The summed E-state index contributed by atoms with van der Waals surface area (Å²) < 4.78 is 0. The van der Waals surface area contributed by atoms with Crippen LogP contribution in [0.4, 0.5) is 5.69 Å². The summed E-state index contributed by atoms with van der Waals surface area (Å²) in [6.45, 7) is 5.47. The molecule has 0 fully saturated rings. The number of nitrogens with one attached hydrogen (secondary N) is 1. The van der Waals surface area contributed by atoms with Crippen LogP contribution in [0.3, 0.4) is 0 Å². The summed E-state index contributed by atoms with van der Waals surface area (Å²) in [5.41, 5.74) is 2.69. The molecule has 2 nitrogen and oxygen atoms in total. The lowest BCUT2D eigenvalue weighted by Gasteiger charge is -2.26. The predicted molar refractivity (Wildman–Crippen MR) is 86.8 cm³/mol. The van der Waals surface area contributed by atoms with Crippen LogP contribution in [0, 0.1) is 0 Å². The summed E-state index contributed by atoms with van der Waals surface area (Å²) in [4.78, 5) is 2.27. The van der Waals surface area contributed by atoms with Gasteiger partial charge in [-0.3, -0.25) is 0 Å². The molecular weight excluding hydrogens is 252 g/mol. The van der Waals surface area contributed by atoms with Crippen molar-refractivity contribution >= 4 is 23.0 Å². The summed E-state index contributed by atoms with van der Waals surface area (Å²) in [5.74, 6) is 0. The molecule has 0 bridgehead atoms. The maximum Gasteiger partial charge on any atom is 0.173 e. The summed E-state index contributed by atoms with van der Waals surface area (Å²) >= 11 is 5.56. The van der Waals surface area contributed by atoms with Crippen molar-refractivity contribution in [2.45, 2.75) is 52.0 Å². The number of para-hydroxylation sites is 1. The summed E-state index contributed by atoms with van der Waals surface area (Å²) in [6.07, 6.45) is 6.18. The number of benzene rings is 1. The molecule has 0 saturated heterocycles. The van der Waals surface area contributed by atoms with Crippen LogP contribution in [0.25, 0.3) is 0 Å². The van der Waals surface area contributed by atoms with Gasteiger partial charge in [0.15, 0.2) is 5.11 Å². The van der Waals surface area contributed by atoms with Gasteiger partial charge in [0.1, 0.15) is 0 Å². The third kappa shape index (κ3) is 3.47. The first-order valence-corrected chi connectivity index (χ1v) is 7.79. The molecule has 0 radical (unpaired) electrons. The average molecular weight is 276 g/mol. The Morgan fingerprint density at radius 2 is 2.11 bits per heavy atom. The van der Waals surface area contributed by atoms with Gasteiger partial charge in [0, 0.05) is 18.3 Å². The van der Waals surface area contributed by atoms with Gasteiger partial charge in [-0.25, -0.2) is 0 Å². The van der Waals surface area contributed by atoms with Crippen molar-refractivity contribution in [1.29, 1.82) is 0 Å². The van der Waals surface area contributed by atoms with Crippen molar-refractivity contribution in [3.63, 3.8) is 0 Å². The lowest BCUT2D eigenvalue weighted by Crippen LogP contribution is -2.43. The van der Waals surface area contributed by atoms with Crippen LogP contribution >= 0.6 is 12.2 Å². The molecule has 1 aromatic carbocycles. The molecule has 0 saturated carbocycles. The quantitative estimate of drug-likeness (QED) is 0.649. The van der Waals surface area contributed by atoms with Crippen molar-refractivity contribution in [3.8, 4) is 0 Å². The molecule has 1 heterocycles. The number of hydrogen-bond acceptors (Lipinski definition) is 1. The molecule has 1 aliphatic heterocycles. The van der Waals surface area contributed by atoms with Crippen LogP contribution in [0.2, 0.25) is 0 Å². The molecular formula is C16H24N2S. The number of anilines is 1. The Morgan fingerprint density at radius 1 is 1.32 bits per heavy atom. The van der Waals surface area contributed by atoms with Crippen LogP contribution in [0.15, 0.2) is 24.3 Å². The second kappa shape index (κ2) is 6.90.